The van der Waals surface area contributed by atoms with Crippen molar-refractivity contribution in [3.63, 3.8) is 0 Å². The molecule has 0 aliphatic heterocycles. The fourth-order valence-corrected chi connectivity index (χ4v) is 5.33. The van der Waals surface area contributed by atoms with Gasteiger partial charge < -0.3 is 13.9 Å². The van der Waals surface area contributed by atoms with E-state index < -0.39 is 34.2 Å². The first-order valence-electron chi connectivity index (χ1n) is 11.9. The second-order valence-corrected chi connectivity index (χ2v) is 10.7. The second kappa shape index (κ2) is 11.3. The number of ether oxygens (including phenoxy) is 2. The Morgan fingerprint density at radius 3 is 2.15 bits per heavy atom. The third kappa shape index (κ3) is 6.59. The lowest BCUT2D eigenvalue weighted by Gasteiger charge is -2.25. The van der Waals surface area contributed by atoms with Crippen LogP contribution in [0.15, 0.2) is 76.0 Å². The Morgan fingerprint density at radius 1 is 0.974 bits per heavy atom. The van der Waals surface area contributed by atoms with Crippen molar-refractivity contribution in [1.82, 2.24) is 14.5 Å². The van der Waals surface area contributed by atoms with Crippen molar-refractivity contribution in [3.05, 3.63) is 89.5 Å². The predicted octanol–water partition coefficient (Wildman–Crippen LogP) is 5.28. The number of rotatable bonds is 10. The first kappa shape index (κ1) is 28.6. The first-order valence-corrected chi connectivity index (χ1v) is 13.4. The zero-order chi connectivity index (χ0) is 28.4. The van der Waals surface area contributed by atoms with Crippen molar-refractivity contribution >= 4 is 10.0 Å². The summed E-state index contributed by atoms with van der Waals surface area (Å²) < 4.78 is 86.9. The van der Waals surface area contributed by atoms with Gasteiger partial charge in [-0.05, 0) is 56.3 Å². The number of methoxy groups -OCH3 is 2. The molecule has 2 heterocycles. The number of benzene rings is 2. The van der Waals surface area contributed by atoms with E-state index in [9.17, 15) is 21.6 Å². The molecule has 1 N–H and O–H groups in total. The number of sulfonamides is 1. The molecule has 0 bridgehead atoms. The molecule has 8 nitrogen and oxygen atoms in total. The van der Waals surface area contributed by atoms with Crippen LogP contribution >= 0.6 is 0 Å². The van der Waals surface area contributed by atoms with E-state index >= 15 is 0 Å². The first-order chi connectivity index (χ1) is 18.4. The molecule has 0 aliphatic rings. The number of aryl methyl sites for hydroxylation is 2. The SMILES string of the molecule is COC(OC)C(Cc1ccc(C)o1)NS(=O)(=O)c1ccc(-n2nc(C(F)(F)F)cc2-c2ccc(C)cc2)cc1. The van der Waals surface area contributed by atoms with Crippen molar-refractivity contribution in [1.29, 1.82) is 0 Å². The third-order valence-corrected chi connectivity index (χ3v) is 7.56. The van der Waals surface area contributed by atoms with Crippen LogP contribution in [0.1, 0.15) is 22.8 Å². The van der Waals surface area contributed by atoms with Gasteiger partial charge in [-0.15, -0.1) is 0 Å². The molecular formula is C27H28F3N3O5S. The van der Waals surface area contributed by atoms with Gasteiger partial charge in [-0.2, -0.15) is 18.3 Å². The molecule has 0 saturated carbocycles. The molecule has 0 amide bonds. The summed E-state index contributed by atoms with van der Waals surface area (Å²) in [6, 6.07) is 16.0. The van der Waals surface area contributed by atoms with E-state index in [0.717, 1.165) is 16.3 Å². The number of nitrogens with zero attached hydrogens (tertiary/aromatic N) is 2. The van der Waals surface area contributed by atoms with E-state index in [4.69, 9.17) is 13.9 Å². The molecule has 4 aromatic rings. The van der Waals surface area contributed by atoms with Crippen LogP contribution in [-0.2, 0) is 32.1 Å². The Hall–Kier alpha value is -3.45. The van der Waals surface area contributed by atoms with Crippen LogP contribution in [0.25, 0.3) is 16.9 Å². The zero-order valence-electron chi connectivity index (χ0n) is 21.7. The normalized spacial score (nSPS) is 13.2. The molecule has 0 aliphatic carbocycles. The maximum atomic E-state index is 13.5. The summed E-state index contributed by atoms with van der Waals surface area (Å²) in [5.41, 5.74) is 0.899. The van der Waals surface area contributed by atoms with Crippen molar-refractivity contribution in [2.75, 3.05) is 14.2 Å². The maximum absolute atomic E-state index is 13.5. The third-order valence-electron chi connectivity index (χ3n) is 6.06. The van der Waals surface area contributed by atoms with Crippen LogP contribution in [0.2, 0.25) is 0 Å². The van der Waals surface area contributed by atoms with Gasteiger partial charge in [0.1, 0.15) is 11.5 Å². The van der Waals surface area contributed by atoms with Gasteiger partial charge in [0, 0.05) is 26.2 Å². The van der Waals surface area contributed by atoms with Gasteiger partial charge in [0.25, 0.3) is 0 Å². The molecule has 1 atom stereocenters. The molecule has 208 valence electrons. The smallest absolute Gasteiger partial charge is 0.435 e. The van der Waals surface area contributed by atoms with Gasteiger partial charge in [-0.1, -0.05) is 29.8 Å². The van der Waals surface area contributed by atoms with Crippen molar-refractivity contribution in [2.45, 2.75) is 43.7 Å². The lowest BCUT2D eigenvalue weighted by molar-refractivity contribution is -0.141. The summed E-state index contributed by atoms with van der Waals surface area (Å²) >= 11 is 0. The van der Waals surface area contributed by atoms with E-state index in [2.05, 4.69) is 9.82 Å². The average molecular weight is 564 g/mol. The summed E-state index contributed by atoms with van der Waals surface area (Å²) in [7, 11) is -1.30. The van der Waals surface area contributed by atoms with Crippen LogP contribution in [0.5, 0.6) is 0 Å². The summed E-state index contributed by atoms with van der Waals surface area (Å²) in [6.45, 7) is 3.65. The molecule has 0 saturated heterocycles. The van der Waals surface area contributed by atoms with Gasteiger partial charge in [-0.3, -0.25) is 0 Å². The second-order valence-electron chi connectivity index (χ2n) is 8.97. The molecular weight excluding hydrogens is 535 g/mol. The largest absolute Gasteiger partial charge is 0.466 e. The van der Waals surface area contributed by atoms with Crippen LogP contribution in [0.3, 0.4) is 0 Å². The average Bonchev–Trinajstić information content (AvgIpc) is 3.52. The Balaban J connectivity index is 1.65. The van der Waals surface area contributed by atoms with E-state index in [0.29, 0.717) is 17.1 Å². The quantitative estimate of drug-likeness (QED) is 0.264. The minimum Gasteiger partial charge on any atom is -0.466 e. The Bertz CT molecular complexity index is 1510. The Labute approximate surface area is 224 Å². The number of alkyl halides is 3. The molecule has 39 heavy (non-hydrogen) atoms. The van der Waals surface area contributed by atoms with Gasteiger partial charge in [0.2, 0.25) is 10.0 Å². The topological polar surface area (TPSA) is 95.6 Å². The highest BCUT2D eigenvalue weighted by Crippen LogP contribution is 2.33. The lowest BCUT2D eigenvalue weighted by atomic mass is 10.1. The van der Waals surface area contributed by atoms with E-state index in [1.165, 1.54) is 38.5 Å². The monoisotopic (exact) mass is 563 g/mol. The highest BCUT2D eigenvalue weighted by molar-refractivity contribution is 7.89. The number of hydrogen-bond donors (Lipinski definition) is 1. The van der Waals surface area contributed by atoms with E-state index in [-0.39, 0.29) is 22.7 Å². The summed E-state index contributed by atoms with van der Waals surface area (Å²) in [6.07, 6.45) is -5.41. The van der Waals surface area contributed by atoms with E-state index in [1.54, 1.807) is 43.3 Å². The van der Waals surface area contributed by atoms with Crippen molar-refractivity contribution < 1.29 is 35.5 Å². The van der Waals surface area contributed by atoms with Gasteiger partial charge in [-0.25, -0.2) is 17.8 Å². The molecule has 0 fully saturated rings. The van der Waals surface area contributed by atoms with Crippen LogP contribution < -0.4 is 4.72 Å². The number of furan rings is 1. The standard InChI is InChI=1S/C27H28F3N3O5S/c1-17-5-8-19(9-6-17)24-16-25(27(28,29)30)31-33(24)20-10-13-22(14-11-20)39(34,35)32-23(26(36-3)37-4)15-21-12-7-18(2)38-21/h5-14,16,23,26,32H,15H2,1-4H3. The molecule has 12 heteroatoms. The number of aromatic nitrogens is 2. The number of halogens is 3. The van der Waals surface area contributed by atoms with Gasteiger partial charge in [0.05, 0.1) is 22.3 Å². The molecule has 0 radical (unpaired) electrons. The summed E-state index contributed by atoms with van der Waals surface area (Å²) in [5, 5.41) is 3.77. The van der Waals surface area contributed by atoms with Crippen LogP contribution in [0, 0.1) is 13.8 Å². The number of nitrogens with one attached hydrogen (secondary N) is 1. The minimum atomic E-state index is -4.65. The van der Waals surface area contributed by atoms with Crippen LogP contribution in [0.4, 0.5) is 13.2 Å². The fourth-order valence-electron chi connectivity index (χ4n) is 4.11. The molecule has 2 aromatic heterocycles. The van der Waals surface area contributed by atoms with E-state index in [1.807, 2.05) is 6.92 Å². The molecule has 1 unspecified atom stereocenters. The molecule has 0 spiro atoms. The highest BCUT2D eigenvalue weighted by Gasteiger charge is 2.35. The van der Waals surface area contributed by atoms with Gasteiger partial charge in [0.15, 0.2) is 12.0 Å². The van der Waals surface area contributed by atoms with Gasteiger partial charge >= 0.3 is 6.18 Å². The Kier molecular flexibility index (Phi) is 8.31. The predicted molar refractivity (Wildman–Crippen MR) is 138 cm³/mol. The minimum absolute atomic E-state index is 0.0991. The summed E-state index contributed by atoms with van der Waals surface area (Å²) in [5.74, 6) is 1.21. The van der Waals surface area contributed by atoms with Crippen molar-refractivity contribution in [3.8, 4) is 16.9 Å². The molecule has 2 aromatic carbocycles. The maximum Gasteiger partial charge on any atom is 0.435 e. The lowest BCUT2D eigenvalue weighted by Crippen LogP contribution is -2.46. The molecule has 4 rings (SSSR count). The highest BCUT2D eigenvalue weighted by atomic mass is 32.2. The summed E-state index contributed by atoms with van der Waals surface area (Å²) in [4.78, 5) is -0.0991. The fraction of sp³-hybridized carbons (Fsp3) is 0.296. The zero-order valence-corrected chi connectivity index (χ0v) is 22.5. The number of hydrogen-bond acceptors (Lipinski definition) is 6. The van der Waals surface area contributed by atoms with Crippen molar-refractivity contribution in [2.24, 2.45) is 0 Å². The Morgan fingerprint density at radius 2 is 1.62 bits per heavy atom. The van der Waals surface area contributed by atoms with Crippen LogP contribution in [-0.4, -0.2) is 44.7 Å².